The van der Waals surface area contributed by atoms with Crippen molar-refractivity contribution >= 4 is 15.9 Å². The van der Waals surface area contributed by atoms with Crippen LogP contribution >= 0.6 is 0 Å². The van der Waals surface area contributed by atoms with E-state index in [0.29, 0.717) is 12.3 Å². The summed E-state index contributed by atoms with van der Waals surface area (Å²) in [5.74, 6) is 0.0833. The number of nitrogens with two attached hydrogens (primary N) is 1. The highest BCUT2D eigenvalue weighted by Crippen LogP contribution is 2.05. The summed E-state index contributed by atoms with van der Waals surface area (Å²) in [6, 6.07) is -0.556. The van der Waals surface area contributed by atoms with E-state index in [4.69, 9.17) is 5.73 Å². The van der Waals surface area contributed by atoms with Gasteiger partial charge >= 0.3 is 0 Å². The molecule has 0 aliphatic carbocycles. The lowest BCUT2D eigenvalue weighted by atomic mass is 10.0. The van der Waals surface area contributed by atoms with Crippen LogP contribution in [0.1, 0.15) is 34.1 Å². The molecule has 0 saturated heterocycles. The van der Waals surface area contributed by atoms with E-state index in [1.165, 1.54) is 0 Å². The molecule has 0 aliphatic rings. The maximum absolute atomic E-state index is 11.7. The van der Waals surface area contributed by atoms with E-state index in [2.05, 4.69) is 10.0 Å². The minimum Gasteiger partial charge on any atom is -0.353 e. The normalized spacial score (nSPS) is 14.6. The molecule has 0 heterocycles. The third-order valence-electron chi connectivity index (χ3n) is 2.23. The Morgan fingerprint density at radius 3 is 2.22 bits per heavy atom. The second-order valence-electron chi connectivity index (χ2n) is 5.71. The Labute approximate surface area is 110 Å². The molecule has 0 spiro atoms. The van der Waals surface area contributed by atoms with E-state index in [0.717, 1.165) is 6.26 Å². The molecule has 0 aromatic rings. The second kappa shape index (κ2) is 6.49. The van der Waals surface area contributed by atoms with Crippen molar-refractivity contribution in [3.63, 3.8) is 0 Å². The Balaban J connectivity index is 4.27. The average molecular weight is 279 g/mol. The molecule has 0 saturated carbocycles. The molecule has 0 radical (unpaired) electrons. The van der Waals surface area contributed by atoms with Crippen LogP contribution in [0.4, 0.5) is 0 Å². The van der Waals surface area contributed by atoms with E-state index in [9.17, 15) is 13.2 Å². The first-order valence-corrected chi connectivity index (χ1v) is 7.84. The van der Waals surface area contributed by atoms with Crippen molar-refractivity contribution in [1.29, 1.82) is 0 Å². The van der Waals surface area contributed by atoms with Gasteiger partial charge < -0.3 is 11.1 Å². The summed E-state index contributed by atoms with van der Waals surface area (Å²) in [5, 5.41) is 2.66. The van der Waals surface area contributed by atoms with Crippen LogP contribution in [0, 0.1) is 5.92 Å². The summed E-state index contributed by atoms with van der Waals surface area (Å²) in [5.41, 5.74) is 4.99. The van der Waals surface area contributed by atoms with Crippen molar-refractivity contribution in [2.24, 2.45) is 11.7 Å². The molecule has 1 atom stereocenters. The number of amides is 1. The van der Waals surface area contributed by atoms with Crippen LogP contribution in [0.25, 0.3) is 0 Å². The molecule has 7 heteroatoms. The lowest BCUT2D eigenvalue weighted by molar-refractivity contribution is -0.122. The SMILES string of the molecule is CC(C)CC(N)C(=O)NCC(C)(C)NS(C)(=O)=O. The summed E-state index contributed by atoms with van der Waals surface area (Å²) in [7, 11) is -3.30. The highest BCUT2D eigenvalue weighted by Gasteiger charge is 2.24. The predicted octanol–water partition coefficient (Wildman–Crippen LogP) is -0.196. The van der Waals surface area contributed by atoms with Crippen LogP contribution in [0.3, 0.4) is 0 Å². The van der Waals surface area contributed by atoms with Crippen LogP contribution in [-0.2, 0) is 14.8 Å². The summed E-state index contributed by atoms with van der Waals surface area (Å²) < 4.78 is 24.7. The smallest absolute Gasteiger partial charge is 0.236 e. The lowest BCUT2D eigenvalue weighted by Gasteiger charge is -2.26. The summed E-state index contributed by atoms with van der Waals surface area (Å²) in [4.78, 5) is 11.7. The summed E-state index contributed by atoms with van der Waals surface area (Å²) in [6.45, 7) is 7.57. The summed E-state index contributed by atoms with van der Waals surface area (Å²) >= 11 is 0. The van der Waals surface area contributed by atoms with Crippen molar-refractivity contribution in [1.82, 2.24) is 10.0 Å². The third-order valence-corrected chi connectivity index (χ3v) is 3.15. The van der Waals surface area contributed by atoms with Crippen molar-refractivity contribution in [3.8, 4) is 0 Å². The Morgan fingerprint density at radius 2 is 1.83 bits per heavy atom. The van der Waals surface area contributed by atoms with E-state index < -0.39 is 21.6 Å². The molecule has 0 rings (SSSR count). The minimum absolute atomic E-state index is 0.199. The molecule has 108 valence electrons. The zero-order valence-corrected chi connectivity index (χ0v) is 12.6. The number of hydrogen-bond acceptors (Lipinski definition) is 4. The molecule has 6 nitrogen and oxygen atoms in total. The highest BCUT2D eigenvalue weighted by atomic mass is 32.2. The lowest BCUT2D eigenvalue weighted by Crippen LogP contribution is -2.53. The van der Waals surface area contributed by atoms with Gasteiger partial charge in [-0.15, -0.1) is 0 Å². The fourth-order valence-electron chi connectivity index (χ4n) is 1.59. The Hall–Kier alpha value is -0.660. The zero-order chi connectivity index (χ0) is 14.6. The molecule has 1 amide bonds. The minimum atomic E-state index is -3.30. The van der Waals surface area contributed by atoms with Gasteiger partial charge in [-0.05, 0) is 26.2 Å². The predicted molar refractivity (Wildman–Crippen MR) is 72.5 cm³/mol. The first-order chi connectivity index (χ1) is 7.93. The number of carbonyl (C=O) groups is 1. The first kappa shape index (κ1) is 17.3. The quantitative estimate of drug-likeness (QED) is 0.601. The standard InChI is InChI=1S/C11H25N3O3S/c1-8(2)6-9(12)10(15)13-7-11(3,4)14-18(5,16)17/h8-9,14H,6-7,12H2,1-5H3,(H,13,15). The van der Waals surface area contributed by atoms with Gasteiger partial charge in [0, 0.05) is 12.1 Å². The Morgan fingerprint density at radius 1 is 1.33 bits per heavy atom. The van der Waals surface area contributed by atoms with Crippen LogP contribution < -0.4 is 15.8 Å². The number of sulfonamides is 1. The fourth-order valence-corrected chi connectivity index (χ4v) is 2.67. The van der Waals surface area contributed by atoms with E-state index >= 15 is 0 Å². The van der Waals surface area contributed by atoms with Crippen molar-refractivity contribution in [3.05, 3.63) is 0 Å². The van der Waals surface area contributed by atoms with Crippen LogP contribution in [-0.4, -0.2) is 38.7 Å². The number of rotatable bonds is 7. The van der Waals surface area contributed by atoms with Gasteiger partial charge in [0.25, 0.3) is 0 Å². The van der Waals surface area contributed by atoms with Crippen molar-refractivity contribution in [2.75, 3.05) is 12.8 Å². The first-order valence-electron chi connectivity index (χ1n) is 5.95. The third kappa shape index (κ3) is 8.43. The van der Waals surface area contributed by atoms with Gasteiger partial charge in [-0.3, -0.25) is 4.79 Å². The maximum Gasteiger partial charge on any atom is 0.236 e. The topological polar surface area (TPSA) is 101 Å². The van der Waals surface area contributed by atoms with E-state index in [1.54, 1.807) is 13.8 Å². The molecule has 4 N–H and O–H groups in total. The molecule has 0 aromatic carbocycles. The molecular weight excluding hydrogens is 254 g/mol. The molecular formula is C11H25N3O3S. The van der Waals surface area contributed by atoms with Gasteiger partial charge in [-0.2, -0.15) is 0 Å². The van der Waals surface area contributed by atoms with Crippen LogP contribution in [0.2, 0.25) is 0 Å². The maximum atomic E-state index is 11.7. The van der Waals surface area contributed by atoms with Gasteiger partial charge in [0.1, 0.15) is 0 Å². The van der Waals surface area contributed by atoms with Gasteiger partial charge in [0.15, 0.2) is 0 Å². The average Bonchev–Trinajstić information content (AvgIpc) is 2.09. The molecule has 0 aromatic heterocycles. The highest BCUT2D eigenvalue weighted by molar-refractivity contribution is 7.88. The zero-order valence-electron chi connectivity index (χ0n) is 11.8. The van der Waals surface area contributed by atoms with E-state index in [-0.39, 0.29) is 12.5 Å². The second-order valence-corrected chi connectivity index (χ2v) is 7.46. The largest absolute Gasteiger partial charge is 0.353 e. The van der Waals surface area contributed by atoms with Gasteiger partial charge in [0.05, 0.1) is 12.3 Å². The fraction of sp³-hybridized carbons (Fsp3) is 0.909. The molecule has 1 unspecified atom stereocenters. The molecule has 0 bridgehead atoms. The Bertz CT molecular complexity index is 377. The number of hydrogen-bond donors (Lipinski definition) is 3. The van der Waals surface area contributed by atoms with Crippen LogP contribution in [0.5, 0.6) is 0 Å². The Kier molecular flexibility index (Phi) is 6.25. The van der Waals surface area contributed by atoms with Gasteiger partial charge in [-0.25, -0.2) is 13.1 Å². The number of carbonyl (C=O) groups excluding carboxylic acids is 1. The summed E-state index contributed by atoms with van der Waals surface area (Å²) in [6.07, 6.45) is 1.69. The van der Waals surface area contributed by atoms with Crippen molar-refractivity contribution < 1.29 is 13.2 Å². The van der Waals surface area contributed by atoms with Crippen LogP contribution in [0.15, 0.2) is 0 Å². The monoisotopic (exact) mass is 279 g/mol. The van der Waals surface area contributed by atoms with Gasteiger partial charge in [0.2, 0.25) is 15.9 Å². The van der Waals surface area contributed by atoms with Crippen molar-refractivity contribution in [2.45, 2.75) is 45.7 Å². The molecule has 18 heavy (non-hydrogen) atoms. The number of nitrogens with one attached hydrogen (secondary N) is 2. The van der Waals surface area contributed by atoms with Gasteiger partial charge in [-0.1, -0.05) is 13.8 Å². The molecule has 0 aliphatic heterocycles. The van der Waals surface area contributed by atoms with E-state index in [1.807, 2.05) is 13.8 Å². The molecule has 0 fully saturated rings.